The number of amides is 1. The number of carbonyl (C=O) groups is 3. The highest BCUT2D eigenvalue weighted by atomic mass is 16.4. The van der Waals surface area contributed by atoms with Gasteiger partial charge in [0.25, 0.3) is 5.91 Å². The van der Waals surface area contributed by atoms with Crippen LogP contribution in [0.1, 0.15) is 31.1 Å². The van der Waals surface area contributed by atoms with E-state index in [2.05, 4.69) is 5.32 Å². The minimum absolute atomic E-state index is 0.000131. The fourth-order valence-electron chi connectivity index (χ4n) is 2.58. The lowest BCUT2D eigenvalue weighted by Gasteiger charge is -2.10. The van der Waals surface area contributed by atoms with E-state index in [-0.39, 0.29) is 28.1 Å². The Morgan fingerprint density at radius 1 is 0.808 bits per heavy atom. The zero-order valence-corrected chi connectivity index (χ0v) is 13.3. The Hall–Kier alpha value is -3.87. The maximum absolute atomic E-state index is 12.5. The lowest BCUT2D eigenvalue weighted by molar-refractivity contribution is 0.0696. The van der Waals surface area contributed by atoms with Gasteiger partial charge >= 0.3 is 11.9 Å². The Kier molecular flexibility index (Phi) is 4.28. The lowest BCUT2D eigenvalue weighted by Crippen LogP contribution is -2.14. The zero-order valence-electron chi connectivity index (χ0n) is 13.3. The highest BCUT2D eigenvalue weighted by molar-refractivity contribution is 6.10. The molecule has 0 aliphatic carbocycles. The minimum Gasteiger partial charge on any atom is -0.506 e. The van der Waals surface area contributed by atoms with Gasteiger partial charge in [-0.1, -0.05) is 30.3 Å². The van der Waals surface area contributed by atoms with Crippen molar-refractivity contribution in [3.05, 3.63) is 71.3 Å². The first kappa shape index (κ1) is 17.0. The Morgan fingerprint density at radius 2 is 1.42 bits per heavy atom. The molecule has 0 bridgehead atoms. The Bertz CT molecular complexity index is 1020. The molecule has 3 rings (SSSR count). The third-order valence-electron chi connectivity index (χ3n) is 3.83. The van der Waals surface area contributed by atoms with Gasteiger partial charge in [-0.3, -0.25) is 4.79 Å². The van der Waals surface area contributed by atoms with E-state index in [4.69, 9.17) is 10.2 Å². The minimum atomic E-state index is -1.32. The molecule has 1 amide bonds. The van der Waals surface area contributed by atoms with E-state index in [0.29, 0.717) is 5.39 Å². The molecule has 0 aliphatic heterocycles. The number of phenolic OH excluding ortho intramolecular Hbond substituents is 1. The van der Waals surface area contributed by atoms with Crippen LogP contribution in [0.25, 0.3) is 10.8 Å². The quantitative estimate of drug-likeness (QED) is 0.572. The number of aromatic carboxylic acids is 2. The van der Waals surface area contributed by atoms with Crippen LogP contribution in [0.3, 0.4) is 0 Å². The molecule has 3 aromatic rings. The van der Waals surface area contributed by atoms with Gasteiger partial charge in [-0.2, -0.15) is 0 Å². The molecule has 7 nitrogen and oxygen atoms in total. The van der Waals surface area contributed by atoms with Crippen LogP contribution >= 0.6 is 0 Å². The summed E-state index contributed by atoms with van der Waals surface area (Å²) in [6, 6.07) is 13.3. The fraction of sp³-hybridized carbons (Fsp3) is 0. The van der Waals surface area contributed by atoms with Crippen LogP contribution in [0.15, 0.2) is 54.6 Å². The monoisotopic (exact) mass is 351 g/mol. The molecule has 0 saturated heterocycles. The first-order valence-electron chi connectivity index (χ1n) is 7.50. The van der Waals surface area contributed by atoms with Gasteiger partial charge < -0.3 is 20.6 Å². The van der Waals surface area contributed by atoms with E-state index in [1.807, 2.05) is 0 Å². The second-order valence-corrected chi connectivity index (χ2v) is 5.55. The van der Waals surface area contributed by atoms with Gasteiger partial charge in [-0.15, -0.1) is 0 Å². The molecule has 0 heterocycles. The van der Waals surface area contributed by atoms with Gasteiger partial charge in [0.1, 0.15) is 5.75 Å². The highest BCUT2D eigenvalue weighted by Gasteiger charge is 2.16. The van der Waals surface area contributed by atoms with Crippen LogP contribution in [0.4, 0.5) is 5.69 Å². The molecule has 0 saturated carbocycles. The van der Waals surface area contributed by atoms with Gasteiger partial charge in [0.05, 0.1) is 16.7 Å². The van der Waals surface area contributed by atoms with Gasteiger partial charge in [-0.25, -0.2) is 9.59 Å². The average Bonchev–Trinajstić information content (AvgIpc) is 2.61. The number of hydrogen-bond acceptors (Lipinski definition) is 4. The predicted octanol–water partition coefficient (Wildman–Crippen LogP) is 3.19. The third-order valence-corrected chi connectivity index (χ3v) is 3.83. The van der Waals surface area contributed by atoms with Crippen LogP contribution in [0.2, 0.25) is 0 Å². The summed E-state index contributed by atoms with van der Waals surface area (Å²) in [4.78, 5) is 34.8. The summed E-state index contributed by atoms with van der Waals surface area (Å²) in [7, 11) is 0. The van der Waals surface area contributed by atoms with Crippen molar-refractivity contribution in [3.63, 3.8) is 0 Å². The van der Waals surface area contributed by atoms with Crippen molar-refractivity contribution in [2.75, 3.05) is 5.32 Å². The molecule has 0 unspecified atom stereocenters. The van der Waals surface area contributed by atoms with E-state index in [1.54, 1.807) is 30.3 Å². The fourth-order valence-corrected chi connectivity index (χ4v) is 2.58. The Morgan fingerprint density at radius 3 is 2.04 bits per heavy atom. The standard InChI is InChI=1S/C19H13NO6/c21-16-14-4-2-1-3-10(14)5-6-15(16)17(22)20-13-8-11(18(23)24)7-12(9-13)19(25)26/h1-9,21H,(H,20,22)(H,23,24)(H,25,26). The number of nitrogens with one attached hydrogen (secondary N) is 1. The summed E-state index contributed by atoms with van der Waals surface area (Å²) in [6.45, 7) is 0. The zero-order chi connectivity index (χ0) is 18.8. The average molecular weight is 351 g/mol. The highest BCUT2D eigenvalue weighted by Crippen LogP contribution is 2.29. The summed E-state index contributed by atoms with van der Waals surface area (Å²) < 4.78 is 0. The van der Waals surface area contributed by atoms with E-state index in [0.717, 1.165) is 23.6 Å². The van der Waals surface area contributed by atoms with Crippen LogP contribution in [0, 0.1) is 0 Å². The second-order valence-electron chi connectivity index (χ2n) is 5.55. The van der Waals surface area contributed by atoms with Crippen molar-refractivity contribution in [3.8, 4) is 5.75 Å². The SMILES string of the molecule is O=C(O)c1cc(NC(=O)c2ccc3ccccc3c2O)cc(C(=O)O)c1. The summed E-state index contributed by atoms with van der Waals surface area (Å²) in [5, 5.41) is 32.2. The molecule has 0 spiro atoms. The first-order valence-corrected chi connectivity index (χ1v) is 7.50. The largest absolute Gasteiger partial charge is 0.506 e. The van der Waals surface area contributed by atoms with Crippen LogP contribution in [-0.4, -0.2) is 33.2 Å². The number of hydrogen-bond donors (Lipinski definition) is 4. The van der Waals surface area contributed by atoms with E-state index in [1.165, 1.54) is 6.07 Å². The van der Waals surface area contributed by atoms with Crippen LogP contribution in [0.5, 0.6) is 5.75 Å². The smallest absolute Gasteiger partial charge is 0.335 e. The number of rotatable bonds is 4. The second kappa shape index (κ2) is 6.56. The number of carbonyl (C=O) groups excluding carboxylic acids is 1. The lowest BCUT2D eigenvalue weighted by atomic mass is 10.0. The summed E-state index contributed by atoms with van der Waals surface area (Å²) in [5.41, 5.74) is -0.563. The molecule has 0 fully saturated rings. The van der Waals surface area contributed by atoms with Crippen molar-refractivity contribution in [1.29, 1.82) is 0 Å². The molecule has 0 radical (unpaired) electrons. The molecule has 0 aromatic heterocycles. The first-order chi connectivity index (χ1) is 12.4. The number of benzene rings is 3. The number of carboxylic acid groups (broad SMARTS) is 2. The van der Waals surface area contributed by atoms with Crippen molar-refractivity contribution in [2.24, 2.45) is 0 Å². The van der Waals surface area contributed by atoms with Crippen molar-refractivity contribution >= 4 is 34.3 Å². The normalized spacial score (nSPS) is 10.5. The van der Waals surface area contributed by atoms with E-state index in [9.17, 15) is 19.5 Å². The molecule has 130 valence electrons. The topological polar surface area (TPSA) is 124 Å². The van der Waals surface area contributed by atoms with Crippen molar-refractivity contribution < 1.29 is 29.7 Å². The molecule has 7 heteroatoms. The van der Waals surface area contributed by atoms with E-state index < -0.39 is 17.8 Å². The summed E-state index contributed by atoms with van der Waals surface area (Å²) in [6.07, 6.45) is 0. The predicted molar refractivity (Wildman–Crippen MR) is 93.9 cm³/mol. The number of fused-ring (bicyclic) bond motifs is 1. The Labute approximate surface area is 147 Å². The molecule has 4 N–H and O–H groups in total. The molecule has 0 atom stereocenters. The number of carboxylic acids is 2. The maximum atomic E-state index is 12.5. The molecular weight excluding hydrogens is 338 g/mol. The van der Waals surface area contributed by atoms with Crippen LogP contribution in [-0.2, 0) is 0 Å². The number of aromatic hydroxyl groups is 1. The summed E-state index contributed by atoms with van der Waals surface area (Å²) in [5.74, 6) is -3.55. The van der Waals surface area contributed by atoms with Gasteiger partial charge in [-0.05, 0) is 29.7 Å². The molecule has 3 aromatic carbocycles. The van der Waals surface area contributed by atoms with Crippen molar-refractivity contribution in [1.82, 2.24) is 0 Å². The van der Waals surface area contributed by atoms with Crippen molar-refractivity contribution in [2.45, 2.75) is 0 Å². The molecule has 0 aliphatic rings. The van der Waals surface area contributed by atoms with E-state index >= 15 is 0 Å². The molecule has 26 heavy (non-hydrogen) atoms. The van der Waals surface area contributed by atoms with Crippen LogP contribution < -0.4 is 5.32 Å². The van der Waals surface area contributed by atoms with Gasteiger partial charge in [0.2, 0.25) is 0 Å². The number of phenols is 1. The molecular formula is C19H13NO6. The third kappa shape index (κ3) is 3.18. The van der Waals surface area contributed by atoms with Gasteiger partial charge in [0, 0.05) is 11.1 Å². The Balaban J connectivity index is 1.99. The number of anilines is 1. The van der Waals surface area contributed by atoms with Gasteiger partial charge in [0.15, 0.2) is 0 Å². The maximum Gasteiger partial charge on any atom is 0.335 e. The summed E-state index contributed by atoms with van der Waals surface area (Å²) >= 11 is 0.